The quantitative estimate of drug-likeness (QED) is 0.672. The number of carbonyl (C=O) groups excluding carboxylic acids is 1. The zero-order valence-corrected chi connectivity index (χ0v) is 11.3. The minimum Gasteiger partial charge on any atom is -0.397 e. The van der Waals surface area contributed by atoms with E-state index in [2.05, 4.69) is 15.9 Å². The summed E-state index contributed by atoms with van der Waals surface area (Å²) in [6, 6.07) is 2.88. The molecular weight excluding hydrogens is 310 g/mol. The van der Waals surface area contributed by atoms with Gasteiger partial charge in [0.05, 0.1) is 5.69 Å². The Labute approximate surface area is 112 Å². The van der Waals surface area contributed by atoms with Gasteiger partial charge in [-0.1, -0.05) is 15.9 Å². The molecule has 17 heavy (non-hydrogen) atoms. The highest BCUT2D eigenvalue weighted by Crippen LogP contribution is 2.34. The van der Waals surface area contributed by atoms with Gasteiger partial charge in [0.25, 0.3) is 0 Å². The van der Waals surface area contributed by atoms with E-state index in [-0.39, 0.29) is 23.2 Å². The summed E-state index contributed by atoms with van der Waals surface area (Å²) in [5.74, 6) is -0.184. The van der Waals surface area contributed by atoms with Crippen LogP contribution in [0, 0.1) is 11.7 Å². The van der Waals surface area contributed by atoms with Crippen LogP contribution in [0.5, 0.6) is 0 Å². The second-order valence-corrected chi connectivity index (χ2v) is 5.28. The number of nitrogen functional groups attached to an aromatic ring is 1. The van der Waals surface area contributed by atoms with E-state index < -0.39 is 5.82 Å². The van der Waals surface area contributed by atoms with Gasteiger partial charge in [-0.3, -0.25) is 4.79 Å². The molecule has 0 aliphatic carbocycles. The molecular formula is C11H11BrClFN2O. The third-order valence-electron chi connectivity index (χ3n) is 2.75. The number of nitrogens with zero attached hydrogens (tertiary/aromatic N) is 1. The van der Waals surface area contributed by atoms with Crippen LogP contribution in [0.25, 0.3) is 0 Å². The first-order valence-corrected chi connectivity index (χ1v) is 6.46. The van der Waals surface area contributed by atoms with Gasteiger partial charge in [-0.25, -0.2) is 4.39 Å². The Kier molecular flexibility index (Phi) is 3.58. The van der Waals surface area contributed by atoms with Crippen molar-refractivity contribution in [2.75, 3.05) is 23.1 Å². The molecule has 1 atom stereocenters. The van der Waals surface area contributed by atoms with E-state index in [0.29, 0.717) is 23.3 Å². The number of benzene rings is 1. The van der Waals surface area contributed by atoms with Crippen LogP contribution in [0.4, 0.5) is 15.8 Å². The number of halogens is 3. The topological polar surface area (TPSA) is 46.3 Å². The van der Waals surface area contributed by atoms with Crippen molar-refractivity contribution in [3.8, 4) is 0 Å². The maximum Gasteiger partial charge on any atom is 0.227 e. The van der Waals surface area contributed by atoms with E-state index >= 15 is 0 Å². The summed E-state index contributed by atoms with van der Waals surface area (Å²) in [4.78, 5) is 13.1. The van der Waals surface area contributed by atoms with Crippen LogP contribution in [0.15, 0.2) is 16.6 Å². The molecule has 1 aromatic carbocycles. The van der Waals surface area contributed by atoms with Gasteiger partial charge in [-0.15, -0.1) is 11.6 Å². The molecule has 0 saturated carbocycles. The largest absolute Gasteiger partial charge is 0.397 e. The van der Waals surface area contributed by atoms with E-state index in [4.69, 9.17) is 17.3 Å². The summed E-state index contributed by atoms with van der Waals surface area (Å²) in [5.41, 5.74) is 6.16. The van der Waals surface area contributed by atoms with Gasteiger partial charge < -0.3 is 10.6 Å². The number of hydrogen-bond acceptors (Lipinski definition) is 2. The number of rotatable bonds is 2. The van der Waals surface area contributed by atoms with Crippen molar-refractivity contribution in [3.63, 3.8) is 0 Å². The number of anilines is 2. The highest BCUT2D eigenvalue weighted by molar-refractivity contribution is 9.10. The maximum absolute atomic E-state index is 13.8. The van der Waals surface area contributed by atoms with Crippen molar-refractivity contribution in [1.82, 2.24) is 0 Å². The fraction of sp³-hybridized carbons (Fsp3) is 0.364. The zero-order chi connectivity index (χ0) is 12.6. The van der Waals surface area contributed by atoms with Gasteiger partial charge in [0.15, 0.2) is 0 Å². The van der Waals surface area contributed by atoms with Crippen LogP contribution in [0.2, 0.25) is 0 Å². The Bertz CT molecular complexity index is 446. The van der Waals surface area contributed by atoms with Crippen molar-refractivity contribution in [2.24, 2.45) is 5.92 Å². The lowest BCUT2D eigenvalue weighted by Gasteiger charge is -2.19. The molecule has 92 valence electrons. The summed E-state index contributed by atoms with van der Waals surface area (Å²) >= 11 is 8.87. The molecule has 2 rings (SSSR count). The molecule has 1 aliphatic rings. The normalized spacial score (nSPS) is 20.1. The highest BCUT2D eigenvalue weighted by atomic mass is 79.9. The summed E-state index contributed by atoms with van der Waals surface area (Å²) in [5, 5.41) is 0. The van der Waals surface area contributed by atoms with Gasteiger partial charge in [-0.05, 0) is 18.1 Å². The van der Waals surface area contributed by atoms with Gasteiger partial charge in [0, 0.05) is 23.3 Å². The molecule has 2 N–H and O–H groups in total. The van der Waals surface area contributed by atoms with Gasteiger partial charge in [0.1, 0.15) is 11.5 Å². The van der Waals surface area contributed by atoms with E-state index in [9.17, 15) is 9.18 Å². The van der Waals surface area contributed by atoms with E-state index in [1.54, 1.807) is 6.07 Å². The predicted octanol–water partition coefficient (Wildman–Crippen LogP) is 2.76. The third kappa shape index (κ3) is 2.40. The summed E-state index contributed by atoms with van der Waals surface area (Å²) in [6.07, 6.45) is 0.346. The maximum atomic E-state index is 13.8. The van der Waals surface area contributed by atoms with Crippen LogP contribution < -0.4 is 10.6 Å². The lowest BCUT2D eigenvalue weighted by Crippen LogP contribution is -2.26. The Morgan fingerprint density at radius 1 is 1.59 bits per heavy atom. The van der Waals surface area contributed by atoms with E-state index in [1.165, 1.54) is 11.0 Å². The number of nitrogens with two attached hydrogens (primary N) is 1. The third-order valence-corrected chi connectivity index (χ3v) is 3.65. The molecule has 1 saturated heterocycles. The number of alkyl halides is 1. The van der Waals surface area contributed by atoms with E-state index in [0.717, 1.165) is 0 Å². The smallest absolute Gasteiger partial charge is 0.227 e. The number of hydrogen-bond donors (Lipinski definition) is 1. The van der Waals surface area contributed by atoms with Crippen LogP contribution in [-0.2, 0) is 4.79 Å². The highest BCUT2D eigenvalue weighted by Gasteiger charge is 2.32. The minimum atomic E-state index is -0.500. The molecule has 0 aromatic heterocycles. The summed E-state index contributed by atoms with van der Waals surface area (Å²) in [7, 11) is 0. The Morgan fingerprint density at radius 2 is 2.29 bits per heavy atom. The van der Waals surface area contributed by atoms with E-state index in [1.807, 2.05) is 0 Å². The first-order valence-electron chi connectivity index (χ1n) is 5.13. The molecule has 0 radical (unpaired) electrons. The Morgan fingerprint density at radius 3 is 2.82 bits per heavy atom. The average molecular weight is 322 g/mol. The first-order chi connectivity index (χ1) is 8.02. The number of amides is 1. The Hall–Kier alpha value is -0.810. The SMILES string of the molecule is Nc1cc(Br)cc(F)c1N1CC(CCl)CC1=O. The number of carbonyl (C=O) groups is 1. The first kappa shape index (κ1) is 12.6. The standard InChI is InChI=1S/C11H11BrClFN2O/c12-7-2-8(14)11(9(15)3-7)16-5-6(4-13)1-10(16)17/h2-3,6H,1,4-5,15H2. The molecule has 0 spiro atoms. The molecule has 1 aliphatic heterocycles. The van der Waals surface area contributed by atoms with Crippen LogP contribution in [-0.4, -0.2) is 18.3 Å². The lowest BCUT2D eigenvalue weighted by atomic mass is 10.1. The molecule has 1 unspecified atom stereocenters. The summed E-state index contributed by atoms with van der Waals surface area (Å²) < 4.78 is 14.4. The predicted molar refractivity (Wildman–Crippen MR) is 69.7 cm³/mol. The van der Waals surface area contributed by atoms with Gasteiger partial charge in [0.2, 0.25) is 5.91 Å². The fourth-order valence-electron chi connectivity index (χ4n) is 1.97. The van der Waals surface area contributed by atoms with Crippen LogP contribution in [0.1, 0.15) is 6.42 Å². The van der Waals surface area contributed by atoms with Crippen molar-refractivity contribution in [3.05, 3.63) is 22.4 Å². The van der Waals surface area contributed by atoms with Gasteiger partial charge in [-0.2, -0.15) is 0 Å². The fourth-order valence-corrected chi connectivity index (χ4v) is 2.63. The molecule has 1 heterocycles. The monoisotopic (exact) mass is 320 g/mol. The lowest BCUT2D eigenvalue weighted by molar-refractivity contribution is -0.117. The second-order valence-electron chi connectivity index (χ2n) is 4.05. The molecule has 1 aromatic rings. The van der Waals surface area contributed by atoms with Crippen molar-refractivity contribution < 1.29 is 9.18 Å². The van der Waals surface area contributed by atoms with Crippen LogP contribution >= 0.6 is 27.5 Å². The van der Waals surface area contributed by atoms with Crippen molar-refractivity contribution >= 4 is 44.8 Å². The van der Waals surface area contributed by atoms with Gasteiger partial charge >= 0.3 is 0 Å². The zero-order valence-electron chi connectivity index (χ0n) is 8.92. The Balaban J connectivity index is 2.38. The molecule has 6 heteroatoms. The van der Waals surface area contributed by atoms with Crippen molar-refractivity contribution in [2.45, 2.75) is 6.42 Å². The molecule has 1 fully saturated rings. The average Bonchev–Trinajstić information content (AvgIpc) is 2.59. The summed E-state index contributed by atoms with van der Waals surface area (Å²) in [6.45, 7) is 0.422. The molecule has 3 nitrogen and oxygen atoms in total. The van der Waals surface area contributed by atoms with Crippen molar-refractivity contribution in [1.29, 1.82) is 0 Å². The second kappa shape index (κ2) is 4.82. The molecule has 0 bridgehead atoms. The molecule has 1 amide bonds. The van der Waals surface area contributed by atoms with Crippen LogP contribution in [0.3, 0.4) is 0 Å². The minimum absolute atomic E-state index is 0.0617.